The maximum Gasteiger partial charge on any atom is 0.293 e. The van der Waals surface area contributed by atoms with Crippen LogP contribution in [-0.2, 0) is 18.3 Å². The first kappa shape index (κ1) is 10.2. The predicted octanol–water partition coefficient (Wildman–Crippen LogP) is -0.000500. The molecule has 2 aromatic rings. The van der Waals surface area contributed by atoms with Gasteiger partial charge in [-0.3, -0.25) is 14.5 Å². The van der Waals surface area contributed by atoms with Gasteiger partial charge in [0, 0.05) is 12.4 Å². The molecule has 1 amide bonds. The summed E-state index contributed by atoms with van der Waals surface area (Å²) in [5, 5.41) is 5.12. The average Bonchev–Trinajstić information content (AvgIpc) is 2.60. The van der Waals surface area contributed by atoms with Crippen LogP contribution in [0.3, 0.4) is 0 Å². The molecule has 2 N–H and O–H groups in total. The molecule has 0 fully saturated rings. The van der Waals surface area contributed by atoms with E-state index in [9.17, 15) is 4.79 Å². The number of primary amides is 1. The summed E-state index contributed by atoms with van der Waals surface area (Å²) in [5.74, 6) is 4.31. The minimum Gasteiger partial charge on any atom is -0.359 e. The van der Waals surface area contributed by atoms with Gasteiger partial charge in [-0.25, -0.2) is 0 Å². The van der Waals surface area contributed by atoms with Crippen LogP contribution in [0, 0.1) is 11.8 Å². The molecule has 2 rings (SSSR count). The first-order valence-corrected chi connectivity index (χ1v) is 4.72. The molecular formula is C11H10N4O. The molecular weight excluding hydrogens is 204 g/mol. The number of carbonyl (C=O) groups is 1. The van der Waals surface area contributed by atoms with Crippen molar-refractivity contribution in [3.8, 4) is 11.8 Å². The highest BCUT2D eigenvalue weighted by Gasteiger charge is 2.00. The van der Waals surface area contributed by atoms with Crippen LogP contribution in [-0.4, -0.2) is 20.7 Å². The highest BCUT2D eigenvalue weighted by atomic mass is 16.1. The van der Waals surface area contributed by atoms with Crippen molar-refractivity contribution in [3.05, 3.63) is 24.2 Å². The Hall–Kier alpha value is -2.35. The lowest BCUT2D eigenvalue weighted by molar-refractivity contribution is -0.112. The smallest absolute Gasteiger partial charge is 0.293 e. The van der Waals surface area contributed by atoms with E-state index in [2.05, 4.69) is 21.9 Å². The van der Waals surface area contributed by atoms with E-state index in [1.807, 2.05) is 13.1 Å². The van der Waals surface area contributed by atoms with Crippen LogP contribution in [0.5, 0.6) is 0 Å². The van der Waals surface area contributed by atoms with Gasteiger partial charge in [0.05, 0.1) is 30.0 Å². The summed E-state index contributed by atoms with van der Waals surface area (Å²) < 4.78 is 1.75. The van der Waals surface area contributed by atoms with Gasteiger partial charge in [-0.05, 0) is 12.0 Å². The van der Waals surface area contributed by atoms with Gasteiger partial charge >= 0.3 is 0 Å². The number of aryl methyl sites for hydroxylation is 1. The van der Waals surface area contributed by atoms with E-state index in [1.54, 1.807) is 17.1 Å². The number of rotatable bonds is 1. The minimum atomic E-state index is -0.623. The summed E-state index contributed by atoms with van der Waals surface area (Å²) in [6, 6.07) is 1.90. The van der Waals surface area contributed by atoms with E-state index in [1.165, 1.54) is 0 Å². The Morgan fingerprint density at radius 2 is 2.38 bits per heavy atom. The van der Waals surface area contributed by atoms with Gasteiger partial charge in [-0.2, -0.15) is 5.10 Å². The van der Waals surface area contributed by atoms with E-state index in [-0.39, 0.29) is 0 Å². The maximum atomic E-state index is 10.4. The number of carbonyl (C=O) groups excluding carboxylic acids is 1. The molecule has 0 atom stereocenters. The minimum absolute atomic E-state index is 0.410. The summed E-state index contributed by atoms with van der Waals surface area (Å²) in [6.45, 7) is 0. The molecule has 0 spiro atoms. The van der Waals surface area contributed by atoms with E-state index in [4.69, 9.17) is 5.73 Å². The van der Waals surface area contributed by atoms with Gasteiger partial charge in [0.25, 0.3) is 5.91 Å². The van der Waals surface area contributed by atoms with Crippen molar-refractivity contribution in [2.24, 2.45) is 12.8 Å². The average molecular weight is 214 g/mol. The molecule has 0 saturated carbocycles. The first-order chi connectivity index (χ1) is 7.66. The molecule has 5 nitrogen and oxygen atoms in total. The van der Waals surface area contributed by atoms with Gasteiger partial charge in [0.2, 0.25) is 0 Å². The quantitative estimate of drug-likeness (QED) is 0.679. The topological polar surface area (TPSA) is 73.8 Å². The van der Waals surface area contributed by atoms with Gasteiger partial charge in [0.15, 0.2) is 0 Å². The van der Waals surface area contributed by atoms with Crippen molar-refractivity contribution < 1.29 is 4.79 Å². The van der Waals surface area contributed by atoms with Crippen LogP contribution in [0.25, 0.3) is 10.9 Å². The Bertz CT molecular complexity index is 603. The predicted molar refractivity (Wildman–Crippen MR) is 59.2 cm³/mol. The van der Waals surface area contributed by atoms with Gasteiger partial charge in [-0.15, -0.1) is 0 Å². The molecule has 0 aromatic carbocycles. The zero-order chi connectivity index (χ0) is 11.5. The fraction of sp³-hybridized carbons (Fsp3) is 0.182. The van der Waals surface area contributed by atoms with Crippen LogP contribution in [0.2, 0.25) is 0 Å². The summed E-state index contributed by atoms with van der Waals surface area (Å²) >= 11 is 0. The summed E-state index contributed by atoms with van der Waals surface area (Å²) in [5.41, 5.74) is 6.67. The Labute approximate surface area is 92.3 Å². The summed E-state index contributed by atoms with van der Waals surface area (Å²) in [7, 11) is 1.86. The Morgan fingerprint density at radius 1 is 1.56 bits per heavy atom. The third-order valence-electron chi connectivity index (χ3n) is 2.17. The number of nitrogens with two attached hydrogens (primary N) is 1. The lowest BCUT2D eigenvalue weighted by atomic mass is 10.2. The highest BCUT2D eigenvalue weighted by Crippen LogP contribution is 2.12. The Morgan fingerprint density at radius 3 is 3.12 bits per heavy atom. The normalized spacial score (nSPS) is 9.81. The van der Waals surface area contributed by atoms with Crippen molar-refractivity contribution in [2.45, 2.75) is 6.42 Å². The SMILES string of the molecule is Cn1ncc2cc(CC#CC(N)=O)ncc21. The fourth-order valence-corrected chi connectivity index (χ4v) is 1.41. The molecule has 0 bridgehead atoms. The molecule has 80 valence electrons. The third kappa shape index (κ3) is 2.01. The molecule has 5 heteroatoms. The third-order valence-corrected chi connectivity index (χ3v) is 2.17. The largest absolute Gasteiger partial charge is 0.359 e. The van der Waals surface area contributed by atoms with Gasteiger partial charge in [-0.1, -0.05) is 5.92 Å². The zero-order valence-corrected chi connectivity index (χ0v) is 8.77. The monoisotopic (exact) mass is 214 g/mol. The maximum absolute atomic E-state index is 10.4. The van der Waals surface area contributed by atoms with E-state index in [0.29, 0.717) is 6.42 Å². The molecule has 0 aliphatic rings. The number of amides is 1. The number of hydrogen-bond acceptors (Lipinski definition) is 3. The molecule has 16 heavy (non-hydrogen) atoms. The Balaban J connectivity index is 2.27. The van der Waals surface area contributed by atoms with Crippen LogP contribution in [0.15, 0.2) is 18.5 Å². The second-order valence-electron chi connectivity index (χ2n) is 3.35. The van der Waals surface area contributed by atoms with Crippen LogP contribution in [0.4, 0.5) is 0 Å². The standard InChI is InChI=1S/C11H10N4O/c1-15-10-7-13-9(3-2-4-11(12)16)5-8(10)6-14-15/h5-7H,3H2,1H3,(H2,12,16). The lowest BCUT2D eigenvalue weighted by Gasteiger charge is -1.96. The first-order valence-electron chi connectivity index (χ1n) is 4.72. The molecule has 0 unspecified atom stereocenters. The number of fused-ring (bicyclic) bond motifs is 1. The second kappa shape index (κ2) is 4.03. The molecule has 0 saturated heterocycles. The number of hydrogen-bond donors (Lipinski definition) is 1. The second-order valence-corrected chi connectivity index (χ2v) is 3.35. The van der Waals surface area contributed by atoms with Crippen LogP contribution < -0.4 is 5.73 Å². The summed E-state index contributed by atoms with van der Waals surface area (Å²) in [6.07, 6.45) is 3.92. The van der Waals surface area contributed by atoms with Gasteiger partial charge in [0.1, 0.15) is 0 Å². The van der Waals surface area contributed by atoms with Crippen molar-refractivity contribution >= 4 is 16.8 Å². The highest BCUT2D eigenvalue weighted by molar-refractivity contribution is 5.91. The molecule has 2 aromatic heterocycles. The lowest BCUT2D eigenvalue weighted by Crippen LogP contribution is -2.06. The summed E-state index contributed by atoms with van der Waals surface area (Å²) in [4.78, 5) is 14.6. The van der Waals surface area contributed by atoms with Crippen molar-refractivity contribution in [1.29, 1.82) is 0 Å². The number of nitrogens with zero attached hydrogens (tertiary/aromatic N) is 3. The van der Waals surface area contributed by atoms with Crippen molar-refractivity contribution in [3.63, 3.8) is 0 Å². The van der Waals surface area contributed by atoms with Gasteiger partial charge < -0.3 is 5.73 Å². The zero-order valence-electron chi connectivity index (χ0n) is 8.77. The number of aromatic nitrogens is 3. The van der Waals surface area contributed by atoms with Crippen LogP contribution >= 0.6 is 0 Å². The Kier molecular flexibility index (Phi) is 2.56. The molecule has 0 aliphatic carbocycles. The molecule has 0 aliphatic heterocycles. The van der Waals surface area contributed by atoms with E-state index >= 15 is 0 Å². The van der Waals surface area contributed by atoms with Crippen molar-refractivity contribution in [1.82, 2.24) is 14.8 Å². The number of pyridine rings is 1. The van der Waals surface area contributed by atoms with E-state index in [0.717, 1.165) is 16.6 Å². The van der Waals surface area contributed by atoms with Crippen molar-refractivity contribution in [2.75, 3.05) is 0 Å². The van der Waals surface area contributed by atoms with Crippen LogP contribution in [0.1, 0.15) is 5.69 Å². The fourth-order valence-electron chi connectivity index (χ4n) is 1.41. The molecule has 0 radical (unpaired) electrons. The molecule has 2 heterocycles. The van der Waals surface area contributed by atoms with E-state index < -0.39 is 5.91 Å².